The van der Waals surface area contributed by atoms with Crippen molar-refractivity contribution in [1.29, 1.82) is 0 Å². The Bertz CT molecular complexity index is 1270. The van der Waals surface area contributed by atoms with E-state index in [4.69, 9.17) is 5.73 Å². The van der Waals surface area contributed by atoms with Crippen LogP contribution in [0.2, 0.25) is 0 Å². The number of pyridine rings is 2. The van der Waals surface area contributed by atoms with E-state index in [-0.39, 0.29) is 17.5 Å². The van der Waals surface area contributed by atoms with Gasteiger partial charge in [0, 0.05) is 41.5 Å². The Balaban J connectivity index is 1.62. The minimum atomic E-state index is -1.15. The number of hydrogen-bond acceptors (Lipinski definition) is 6. The highest BCUT2D eigenvalue weighted by molar-refractivity contribution is 5.99. The van der Waals surface area contributed by atoms with Crippen LogP contribution in [0.25, 0.3) is 21.9 Å². The van der Waals surface area contributed by atoms with Gasteiger partial charge in [-0.3, -0.25) is 9.88 Å². The maximum absolute atomic E-state index is 15.4. The second-order valence-corrected chi connectivity index (χ2v) is 9.16. The fourth-order valence-electron chi connectivity index (χ4n) is 4.82. The number of halogens is 1. The van der Waals surface area contributed by atoms with Crippen LogP contribution in [0.1, 0.15) is 31.0 Å². The quantitative estimate of drug-likeness (QED) is 0.445. The Kier molecular flexibility index (Phi) is 5.08. The van der Waals surface area contributed by atoms with E-state index in [1.54, 1.807) is 18.3 Å². The summed E-state index contributed by atoms with van der Waals surface area (Å²) in [6.45, 7) is 4.92. The molecule has 0 radical (unpaired) electrons. The highest BCUT2D eigenvalue weighted by Gasteiger charge is 2.37. The second kappa shape index (κ2) is 7.84. The molecule has 1 atom stereocenters. The van der Waals surface area contributed by atoms with E-state index in [0.717, 1.165) is 34.8 Å². The number of carbonyl (C=O) groups is 1. The fraction of sp³-hybridized carbons (Fsp3) is 0.375. The normalized spacial score (nSPS) is 21.8. The molecule has 1 saturated carbocycles. The van der Waals surface area contributed by atoms with Gasteiger partial charge in [-0.2, -0.15) is 0 Å². The maximum atomic E-state index is 15.4. The Morgan fingerprint density at radius 2 is 2.00 bits per heavy atom. The number of aliphatic hydroxyl groups excluding tert-OH is 1. The SMILES string of the molecule is Cc1c(-c2cc3cc(N(C(=O)O)[C@H]4C[C@H](O)C4)ncc3c(N)c2F)cnc2c1NC[C@@H](C)C2. The van der Waals surface area contributed by atoms with Crippen molar-refractivity contribution >= 4 is 34.1 Å². The van der Waals surface area contributed by atoms with Crippen molar-refractivity contribution in [3.63, 3.8) is 0 Å². The molecular weight excluding hydrogens is 425 g/mol. The number of nitrogens with one attached hydrogen (secondary N) is 1. The first kappa shape index (κ1) is 21.4. The summed E-state index contributed by atoms with van der Waals surface area (Å²) in [5.41, 5.74) is 9.85. The van der Waals surface area contributed by atoms with Gasteiger partial charge in [0.05, 0.1) is 23.2 Å². The van der Waals surface area contributed by atoms with E-state index in [9.17, 15) is 15.0 Å². The summed E-state index contributed by atoms with van der Waals surface area (Å²) >= 11 is 0. The van der Waals surface area contributed by atoms with Gasteiger partial charge in [-0.1, -0.05) is 6.92 Å². The molecule has 2 aromatic heterocycles. The highest BCUT2D eigenvalue weighted by atomic mass is 19.1. The largest absolute Gasteiger partial charge is 0.465 e. The number of nitrogens with two attached hydrogens (primary N) is 1. The Hall–Kier alpha value is -3.46. The van der Waals surface area contributed by atoms with E-state index in [0.29, 0.717) is 40.7 Å². The molecule has 1 amide bonds. The molecule has 1 aliphatic carbocycles. The zero-order valence-electron chi connectivity index (χ0n) is 18.5. The lowest BCUT2D eigenvalue weighted by molar-refractivity contribution is 0.0725. The average molecular weight is 452 g/mol. The van der Waals surface area contributed by atoms with Crippen LogP contribution < -0.4 is 16.0 Å². The number of fused-ring (bicyclic) bond motifs is 2. The van der Waals surface area contributed by atoms with Crippen LogP contribution in [-0.4, -0.2) is 45.0 Å². The summed E-state index contributed by atoms with van der Waals surface area (Å²) in [5.74, 6) is 0.145. The van der Waals surface area contributed by atoms with Crippen LogP contribution in [0, 0.1) is 18.7 Å². The molecule has 0 saturated heterocycles. The second-order valence-electron chi connectivity index (χ2n) is 9.16. The number of rotatable bonds is 3. The van der Waals surface area contributed by atoms with Crippen molar-refractivity contribution in [2.45, 2.75) is 45.3 Å². The number of benzene rings is 1. The molecule has 33 heavy (non-hydrogen) atoms. The number of hydrogen-bond donors (Lipinski definition) is 4. The summed E-state index contributed by atoms with van der Waals surface area (Å²) in [4.78, 5) is 21.9. The van der Waals surface area contributed by atoms with Gasteiger partial charge in [0.15, 0.2) is 5.82 Å². The van der Waals surface area contributed by atoms with Crippen molar-refractivity contribution in [3.8, 4) is 11.1 Å². The first-order valence-electron chi connectivity index (χ1n) is 11.0. The van der Waals surface area contributed by atoms with Gasteiger partial charge in [-0.25, -0.2) is 14.2 Å². The summed E-state index contributed by atoms with van der Waals surface area (Å²) < 4.78 is 15.4. The number of amides is 1. The van der Waals surface area contributed by atoms with Crippen LogP contribution in [-0.2, 0) is 6.42 Å². The maximum Gasteiger partial charge on any atom is 0.413 e. The number of nitrogens with zero attached hydrogens (tertiary/aromatic N) is 3. The summed E-state index contributed by atoms with van der Waals surface area (Å²) in [6, 6.07) is 2.93. The number of aromatic nitrogens is 2. The van der Waals surface area contributed by atoms with Crippen molar-refractivity contribution in [3.05, 3.63) is 41.6 Å². The Morgan fingerprint density at radius 3 is 2.70 bits per heavy atom. The number of anilines is 3. The number of carboxylic acid groups (broad SMARTS) is 1. The molecule has 3 aromatic rings. The summed E-state index contributed by atoms with van der Waals surface area (Å²) in [5, 5.41) is 23.7. The zero-order chi connectivity index (χ0) is 23.4. The van der Waals surface area contributed by atoms with Crippen LogP contribution in [0.15, 0.2) is 24.5 Å². The molecule has 1 aromatic carbocycles. The molecule has 1 fully saturated rings. The van der Waals surface area contributed by atoms with Crippen molar-refractivity contribution in [1.82, 2.24) is 9.97 Å². The smallest absolute Gasteiger partial charge is 0.413 e. The molecular formula is C24H26FN5O3. The lowest BCUT2D eigenvalue weighted by Crippen LogP contribution is -2.50. The molecule has 1 aliphatic heterocycles. The molecule has 9 heteroatoms. The van der Waals surface area contributed by atoms with Crippen molar-refractivity contribution in [2.24, 2.45) is 5.92 Å². The highest BCUT2D eigenvalue weighted by Crippen LogP contribution is 2.39. The van der Waals surface area contributed by atoms with Crippen LogP contribution in [0.3, 0.4) is 0 Å². The fourth-order valence-corrected chi connectivity index (χ4v) is 4.82. The molecule has 5 rings (SSSR count). The van der Waals surface area contributed by atoms with Crippen molar-refractivity contribution in [2.75, 3.05) is 22.5 Å². The van der Waals surface area contributed by atoms with Crippen LogP contribution >= 0.6 is 0 Å². The first-order valence-corrected chi connectivity index (χ1v) is 11.0. The van der Waals surface area contributed by atoms with E-state index < -0.39 is 18.0 Å². The van der Waals surface area contributed by atoms with E-state index in [1.807, 2.05) is 6.92 Å². The third-order valence-electron chi connectivity index (χ3n) is 6.77. The molecule has 2 aliphatic rings. The van der Waals surface area contributed by atoms with Crippen LogP contribution in [0.5, 0.6) is 0 Å². The molecule has 5 N–H and O–H groups in total. The van der Waals surface area contributed by atoms with E-state index >= 15 is 4.39 Å². The monoisotopic (exact) mass is 451 g/mol. The van der Waals surface area contributed by atoms with Gasteiger partial charge < -0.3 is 21.3 Å². The predicted octanol–water partition coefficient (Wildman–Crippen LogP) is 3.94. The Morgan fingerprint density at radius 1 is 1.24 bits per heavy atom. The minimum Gasteiger partial charge on any atom is -0.465 e. The predicted molar refractivity (Wildman–Crippen MR) is 125 cm³/mol. The van der Waals surface area contributed by atoms with E-state index in [2.05, 4.69) is 22.2 Å². The van der Waals surface area contributed by atoms with Gasteiger partial charge in [-0.15, -0.1) is 0 Å². The molecule has 172 valence electrons. The van der Waals surface area contributed by atoms with Gasteiger partial charge in [0.25, 0.3) is 0 Å². The van der Waals surface area contributed by atoms with Gasteiger partial charge >= 0.3 is 6.09 Å². The molecule has 8 nitrogen and oxygen atoms in total. The van der Waals surface area contributed by atoms with Crippen LogP contribution in [0.4, 0.5) is 26.4 Å². The Labute approximate surface area is 190 Å². The third-order valence-corrected chi connectivity index (χ3v) is 6.77. The number of nitrogen functional groups attached to an aromatic ring is 1. The third kappa shape index (κ3) is 3.52. The average Bonchev–Trinajstić information content (AvgIpc) is 2.75. The van der Waals surface area contributed by atoms with Crippen molar-refractivity contribution < 1.29 is 19.4 Å². The van der Waals surface area contributed by atoms with Gasteiger partial charge in [-0.05, 0) is 55.2 Å². The lowest BCUT2D eigenvalue weighted by atomic mass is 9.88. The lowest BCUT2D eigenvalue weighted by Gasteiger charge is -2.38. The molecule has 0 bridgehead atoms. The topological polar surface area (TPSA) is 125 Å². The first-order chi connectivity index (χ1) is 15.7. The molecule has 0 spiro atoms. The molecule has 3 heterocycles. The molecule has 0 unspecified atom stereocenters. The minimum absolute atomic E-state index is 0.0406. The van der Waals surface area contributed by atoms with Gasteiger partial charge in [0.2, 0.25) is 0 Å². The number of aliphatic hydroxyl groups is 1. The summed E-state index contributed by atoms with van der Waals surface area (Å²) in [6.07, 6.45) is 3.00. The standard InChI is InChI=1S/C24H26FN5O3/c1-11-3-19-23(29-8-11)12(2)17(9-27-19)16-4-13-5-20(28-10-18(13)22(26)21(16)25)30(24(32)33)14-6-15(31)7-14/h4-5,9-11,14-15,29,31H,3,6-8,26H2,1-2H3,(H,32,33)/t11-,14-,15-/m0/s1. The van der Waals surface area contributed by atoms with E-state index in [1.165, 1.54) is 6.20 Å². The zero-order valence-corrected chi connectivity index (χ0v) is 18.5. The summed E-state index contributed by atoms with van der Waals surface area (Å²) in [7, 11) is 0. The van der Waals surface area contributed by atoms with Gasteiger partial charge in [0.1, 0.15) is 5.82 Å².